The maximum Gasteiger partial charge on any atom is 0.255 e. The Kier molecular flexibility index (Phi) is 5.69. The molecule has 3 aromatic rings. The molecule has 4 nitrogen and oxygen atoms in total. The number of aryl methyl sites for hydroxylation is 1. The van der Waals surface area contributed by atoms with Crippen LogP contribution in [0, 0.1) is 0 Å². The second kappa shape index (κ2) is 8.38. The highest BCUT2D eigenvalue weighted by Crippen LogP contribution is 2.26. The fraction of sp³-hybridized carbons (Fsp3) is 0.348. The Morgan fingerprint density at radius 1 is 1.11 bits per heavy atom. The number of likely N-dealkylation sites (tertiary alicyclic amines) is 1. The fourth-order valence-electron chi connectivity index (χ4n) is 3.91. The first kappa shape index (κ1) is 19.0. The standard InChI is InChI=1S/C23H25ClN2O2/c1-2-16-14-25-23(27)20-8-7-19(13-21(16)20)28-18-9-11-26(12-10-18)15-17-5-3-4-6-22(17)24/h3-8,13-14,18H,2,9-12,15H2,1H3,(H,25,27). The van der Waals surface area contributed by atoms with Gasteiger partial charge in [0.2, 0.25) is 0 Å². The van der Waals surface area contributed by atoms with Crippen LogP contribution < -0.4 is 10.3 Å². The van der Waals surface area contributed by atoms with Gasteiger partial charge in [0, 0.05) is 36.2 Å². The lowest BCUT2D eigenvalue weighted by atomic mass is 10.0. The van der Waals surface area contributed by atoms with Gasteiger partial charge in [-0.2, -0.15) is 0 Å². The van der Waals surface area contributed by atoms with Crippen LogP contribution in [0.2, 0.25) is 5.02 Å². The highest BCUT2D eigenvalue weighted by atomic mass is 35.5. The van der Waals surface area contributed by atoms with Crippen molar-refractivity contribution in [3.8, 4) is 5.75 Å². The Morgan fingerprint density at radius 3 is 2.64 bits per heavy atom. The maximum atomic E-state index is 12.0. The highest BCUT2D eigenvalue weighted by molar-refractivity contribution is 6.31. The largest absolute Gasteiger partial charge is 0.490 e. The predicted molar refractivity (Wildman–Crippen MR) is 114 cm³/mol. The monoisotopic (exact) mass is 396 g/mol. The van der Waals surface area contributed by atoms with Gasteiger partial charge in [0.1, 0.15) is 11.9 Å². The number of pyridine rings is 1. The molecule has 4 rings (SSSR count). The van der Waals surface area contributed by atoms with Gasteiger partial charge in [-0.25, -0.2) is 0 Å². The number of halogens is 1. The van der Waals surface area contributed by atoms with E-state index in [0.717, 1.165) is 66.0 Å². The van der Waals surface area contributed by atoms with E-state index < -0.39 is 0 Å². The Bertz CT molecular complexity index is 1020. The molecule has 1 aliphatic heterocycles. The van der Waals surface area contributed by atoms with E-state index in [4.69, 9.17) is 16.3 Å². The number of nitrogens with zero attached hydrogens (tertiary/aromatic N) is 1. The van der Waals surface area contributed by atoms with Crippen LogP contribution >= 0.6 is 11.6 Å². The molecule has 1 fully saturated rings. The number of fused-ring (bicyclic) bond motifs is 1. The summed E-state index contributed by atoms with van der Waals surface area (Å²) in [6, 6.07) is 13.8. The molecule has 2 heterocycles. The number of hydrogen-bond acceptors (Lipinski definition) is 3. The summed E-state index contributed by atoms with van der Waals surface area (Å²) in [5, 5.41) is 2.54. The van der Waals surface area contributed by atoms with E-state index in [1.807, 2.05) is 42.6 Å². The Morgan fingerprint density at radius 2 is 1.89 bits per heavy atom. The molecule has 2 aromatic carbocycles. The van der Waals surface area contributed by atoms with Crippen LogP contribution in [0.3, 0.4) is 0 Å². The average molecular weight is 397 g/mol. The summed E-state index contributed by atoms with van der Waals surface area (Å²) in [7, 11) is 0. The quantitative estimate of drug-likeness (QED) is 0.674. The Labute approximate surface area is 170 Å². The normalized spacial score (nSPS) is 15.8. The molecular formula is C23H25ClN2O2. The molecule has 0 bridgehead atoms. The minimum atomic E-state index is -0.0494. The van der Waals surface area contributed by atoms with Gasteiger partial charge >= 0.3 is 0 Å². The van der Waals surface area contributed by atoms with Crippen molar-refractivity contribution in [1.82, 2.24) is 9.88 Å². The summed E-state index contributed by atoms with van der Waals surface area (Å²) < 4.78 is 6.26. The zero-order valence-corrected chi connectivity index (χ0v) is 16.8. The summed E-state index contributed by atoms with van der Waals surface area (Å²) >= 11 is 6.29. The zero-order valence-electron chi connectivity index (χ0n) is 16.1. The highest BCUT2D eigenvalue weighted by Gasteiger charge is 2.21. The molecule has 0 amide bonds. The number of aromatic amines is 1. The van der Waals surface area contributed by atoms with Crippen LogP contribution in [0.15, 0.2) is 53.5 Å². The van der Waals surface area contributed by atoms with E-state index in [9.17, 15) is 4.79 Å². The molecule has 5 heteroatoms. The van der Waals surface area contributed by atoms with Gasteiger partial charge in [-0.15, -0.1) is 0 Å². The third-order valence-electron chi connectivity index (χ3n) is 5.53. The molecule has 1 aromatic heterocycles. The lowest BCUT2D eigenvalue weighted by Gasteiger charge is -2.32. The number of aromatic nitrogens is 1. The fourth-order valence-corrected chi connectivity index (χ4v) is 4.10. The molecule has 0 unspecified atom stereocenters. The summed E-state index contributed by atoms with van der Waals surface area (Å²) in [5.74, 6) is 0.845. The summed E-state index contributed by atoms with van der Waals surface area (Å²) in [6.45, 7) is 4.95. The van der Waals surface area contributed by atoms with Gasteiger partial charge in [0.05, 0.1) is 0 Å². The first-order valence-electron chi connectivity index (χ1n) is 9.91. The third kappa shape index (κ3) is 4.08. The molecule has 28 heavy (non-hydrogen) atoms. The van der Waals surface area contributed by atoms with Crippen molar-refractivity contribution in [2.24, 2.45) is 0 Å². The molecule has 1 aliphatic rings. The van der Waals surface area contributed by atoms with Gasteiger partial charge in [-0.1, -0.05) is 36.7 Å². The lowest BCUT2D eigenvalue weighted by Crippen LogP contribution is -2.37. The number of benzene rings is 2. The van der Waals surface area contributed by atoms with Crippen LogP contribution in [0.1, 0.15) is 30.9 Å². The predicted octanol–water partition coefficient (Wildman–Crippen LogP) is 4.79. The van der Waals surface area contributed by atoms with Crippen molar-refractivity contribution >= 4 is 22.4 Å². The third-order valence-corrected chi connectivity index (χ3v) is 5.90. The SMILES string of the molecule is CCc1c[nH]c(=O)c2ccc(OC3CCN(Cc4ccccc4Cl)CC3)cc12. The zero-order chi connectivity index (χ0) is 19.5. The molecular weight excluding hydrogens is 372 g/mol. The van der Waals surface area contributed by atoms with Crippen molar-refractivity contribution in [3.63, 3.8) is 0 Å². The molecule has 0 saturated carbocycles. The van der Waals surface area contributed by atoms with E-state index in [2.05, 4.69) is 22.9 Å². The number of hydrogen-bond donors (Lipinski definition) is 1. The molecule has 1 N–H and O–H groups in total. The lowest BCUT2D eigenvalue weighted by molar-refractivity contribution is 0.0969. The smallest absolute Gasteiger partial charge is 0.255 e. The van der Waals surface area contributed by atoms with E-state index in [-0.39, 0.29) is 11.7 Å². The van der Waals surface area contributed by atoms with Crippen LogP contribution in [0.5, 0.6) is 5.75 Å². The number of H-pyrrole nitrogens is 1. The first-order chi connectivity index (χ1) is 13.6. The van der Waals surface area contributed by atoms with E-state index in [1.165, 1.54) is 5.56 Å². The molecule has 146 valence electrons. The molecule has 0 spiro atoms. The van der Waals surface area contributed by atoms with Crippen molar-refractivity contribution in [3.05, 3.63) is 75.2 Å². The molecule has 0 atom stereocenters. The number of rotatable bonds is 5. The minimum Gasteiger partial charge on any atom is -0.490 e. The Hall–Kier alpha value is -2.30. The van der Waals surface area contributed by atoms with Crippen LogP contribution in [0.25, 0.3) is 10.8 Å². The maximum absolute atomic E-state index is 12.0. The van der Waals surface area contributed by atoms with Crippen LogP contribution in [-0.4, -0.2) is 29.1 Å². The van der Waals surface area contributed by atoms with E-state index >= 15 is 0 Å². The topological polar surface area (TPSA) is 45.3 Å². The number of nitrogens with one attached hydrogen (secondary N) is 1. The van der Waals surface area contributed by atoms with Crippen LogP contribution in [0.4, 0.5) is 0 Å². The van der Waals surface area contributed by atoms with Gasteiger partial charge < -0.3 is 9.72 Å². The summed E-state index contributed by atoms with van der Waals surface area (Å²) in [5.41, 5.74) is 2.26. The average Bonchev–Trinajstić information content (AvgIpc) is 2.71. The van der Waals surface area contributed by atoms with E-state index in [1.54, 1.807) is 0 Å². The van der Waals surface area contributed by atoms with Gasteiger partial charge in [0.15, 0.2) is 0 Å². The van der Waals surface area contributed by atoms with Crippen LogP contribution in [-0.2, 0) is 13.0 Å². The van der Waals surface area contributed by atoms with Crippen molar-refractivity contribution in [1.29, 1.82) is 0 Å². The second-order valence-electron chi connectivity index (χ2n) is 7.39. The second-order valence-corrected chi connectivity index (χ2v) is 7.80. The van der Waals surface area contributed by atoms with Gasteiger partial charge in [-0.3, -0.25) is 9.69 Å². The van der Waals surface area contributed by atoms with E-state index in [0.29, 0.717) is 0 Å². The van der Waals surface area contributed by atoms with Crippen molar-refractivity contribution in [2.45, 2.75) is 38.8 Å². The summed E-state index contributed by atoms with van der Waals surface area (Å²) in [6.07, 6.45) is 4.85. The number of piperidine rings is 1. The molecule has 1 saturated heterocycles. The molecule has 0 aliphatic carbocycles. The van der Waals surface area contributed by atoms with Gasteiger partial charge in [-0.05, 0) is 60.0 Å². The first-order valence-corrected chi connectivity index (χ1v) is 10.3. The van der Waals surface area contributed by atoms with Gasteiger partial charge in [0.25, 0.3) is 5.56 Å². The summed E-state index contributed by atoms with van der Waals surface area (Å²) in [4.78, 5) is 17.3. The van der Waals surface area contributed by atoms with Crippen molar-refractivity contribution < 1.29 is 4.74 Å². The minimum absolute atomic E-state index is 0.0494. The Balaban J connectivity index is 1.41. The number of ether oxygens (including phenoxy) is 1. The molecule has 0 radical (unpaired) electrons. The van der Waals surface area contributed by atoms with Crippen molar-refractivity contribution in [2.75, 3.05) is 13.1 Å².